The minimum Gasteiger partial charge on any atom is -0.493 e. The van der Waals surface area contributed by atoms with Crippen molar-refractivity contribution in [1.82, 2.24) is 9.99 Å². The van der Waals surface area contributed by atoms with Gasteiger partial charge in [0.25, 0.3) is 0 Å². The van der Waals surface area contributed by atoms with Gasteiger partial charge in [-0.2, -0.15) is 5.10 Å². The summed E-state index contributed by atoms with van der Waals surface area (Å²) in [6.07, 6.45) is 1.40. The highest BCUT2D eigenvalue weighted by Crippen LogP contribution is 2.38. The molecule has 4 aromatic rings. The number of hydrazone groups is 1. The van der Waals surface area contributed by atoms with E-state index in [4.69, 9.17) is 23.4 Å². The van der Waals surface area contributed by atoms with E-state index in [1.165, 1.54) is 27.5 Å². The number of amides is 1. The summed E-state index contributed by atoms with van der Waals surface area (Å²) >= 11 is 0. The normalized spacial score (nSPS) is 10.9. The molecule has 2 aromatic heterocycles. The lowest BCUT2D eigenvalue weighted by atomic mass is 10.2. The first-order valence-corrected chi connectivity index (χ1v) is 12.6. The minimum atomic E-state index is -0.553. The third-order valence-corrected chi connectivity index (χ3v) is 6.06. The first-order valence-electron chi connectivity index (χ1n) is 12.6. The lowest BCUT2D eigenvalue weighted by Crippen LogP contribution is -2.17. The topological polar surface area (TPSA) is 123 Å². The summed E-state index contributed by atoms with van der Waals surface area (Å²) in [6.45, 7) is 3.96. The fraction of sp³-hybridized carbons (Fsp3) is 0.233. The van der Waals surface area contributed by atoms with Gasteiger partial charge in [-0.15, -0.1) is 0 Å². The molecule has 0 spiro atoms. The van der Waals surface area contributed by atoms with Crippen LogP contribution in [0.3, 0.4) is 0 Å². The number of nitrogens with zero attached hydrogens (tertiary/aromatic N) is 2. The van der Waals surface area contributed by atoms with Crippen LogP contribution in [0.1, 0.15) is 33.3 Å². The smallest absolute Gasteiger partial charge is 0.343 e. The molecule has 4 rings (SSSR count). The van der Waals surface area contributed by atoms with Gasteiger partial charge in [-0.3, -0.25) is 4.79 Å². The Bertz CT molecular complexity index is 1490. The molecule has 0 atom stereocenters. The van der Waals surface area contributed by atoms with Crippen LogP contribution in [-0.2, 0) is 16.1 Å². The van der Waals surface area contributed by atoms with Crippen molar-refractivity contribution in [1.29, 1.82) is 0 Å². The Hall–Kier alpha value is -5.19. The molecule has 0 aliphatic heterocycles. The molecule has 0 aliphatic rings. The van der Waals surface area contributed by atoms with Gasteiger partial charge in [-0.1, -0.05) is 0 Å². The minimum absolute atomic E-state index is 0.0800. The Morgan fingerprint density at radius 1 is 0.902 bits per heavy atom. The Labute approximate surface area is 237 Å². The molecule has 0 saturated carbocycles. The Kier molecular flexibility index (Phi) is 9.31. The molecule has 11 heteroatoms. The van der Waals surface area contributed by atoms with E-state index in [1.54, 1.807) is 24.3 Å². The number of furan rings is 1. The molecule has 0 saturated heterocycles. The van der Waals surface area contributed by atoms with Gasteiger partial charge in [0.2, 0.25) is 5.75 Å². The van der Waals surface area contributed by atoms with Crippen LogP contribution in [0.4, 0.5) is 0 Å². The maximum absolute atomic E-state index is 12.5. The largest absolute Gasteiger partial charge is 0.493 e. The molecular formula is C30H31N3O8. The third-order valence-electron chi connectivity index (χ3n) is 6.06. The summed E-state index contributed by atoms with van der Waals surface area (Å²) in [6, 6.07) is 18.3. The fourth-order valence-electron chi connectivity index (χ4n) is 4.03. The van der Waals surface area contributed by atoms with Gasteiger partial charge in [-0.05, 0) is 74.5 Å². The van der Waals surface area contributed by atoms with E-state index in [1.807, 2.05) is 24.3 Å². The summed E-state index contributed by atoms with van der Waals surface area (Å²) in [5.41, 5.74) is 6.33. The summed E-state index contributed by atoms with van der Waals surface area (Å²) < 4.78 is 34.4. The van der Waals surface area contributed by atoms with E-state index in [9.17, 15) is 9.59 Å². The second-order valence-corrected chi connectivity index (χ2v) is 8.82. The van der Waals surface area contributed by atoms with Crippen molar-refractivity contribution in [3.63, 3.8) is 0 Å². The van der Waals surface area contributed by atoms with E-state index < -0.39 is 11.9 Å². The number of aromatic nitrogens is 1. The van der Waals surface area contributed by atoms with Crippen molar-refractivity contribution in [2.24, 2.45) is 5.10 Å². The van der Waals surface area contributed by atoms with Crippen molar-refractivity contribution in [2.45, 2.75) is 20.5 Å². The number of nitrogens with one attached hydrogen (secondary N) is 1. The molecule has 2 aromatic carbocycles. The third kappa shape index (κ3) is 7.07. The van der Waals surface area contributed by atoms with E-state index in [2.05, 4.69) is 45.8 Å². The first-order chi connectivity index (χ1) is 19.8. The van der Waals surface area contributed by atoms with Crippen LogP contribution in [0.25, 0.3) is 5.69 Å². The standard InChI is InChI=1S/C30H31N3O8/c1-19-6-7-20(2)33(19)22-8-10-23(11-9-22)39-17-24-12-13-25(41-24)30(35)32-31-16-21-14-26(36-3)29(27(15-21)37-4)40-18-28(34)38-5/h6-16H,17-18H2,1-5H3,(H,32,35)/b31-16+. The van der Waals surface area contributed by atoms with Crippen molar-refractivity contribution in [2.75, 3.05) is 27.9 Å². The number of rotatable bonds is 12. The van der Waals surface area contributed by atoms with E-state index in [-0.39, 0.29) is 24.7 Å². The number of methoxy groups -OCH3 is 3. The zero-order valence-electron chi connectivity index (χ0n) is 23.4. The second-order valence-electron chi connectivity index (χ2n) is 8.82. The highest BCUT2D eigenvalue weighted by Gasteiger charge is 2.16. The molecule has 41 heavy (non-hydrogen) atoms. The van der Waals surface area contributed by atoms with Gasteiger partial charge < -0.3 is 32.7 Å². The molecule has 0 aliphatic carbocycles. The number of hydrogen-bond acceptors (Lipinski definition) is 9. The molecule has 11 nitrogen and oxygen atoms in total. The molecule has 0 unspecified atom stereocenters. The molecule has 214 valence electrons. The number of carbonyl (C=O) groups is 2. The quantitative estimate of drug-likeness (QED) is 0.151. The summed E-state index contributed by atoms with van der Waals surface area (Å²) in [5, 5.41) is 3.99. The SMILES string of the molecule is COC(=O)COc1c(OC)cc(/C=N/NC(=O)c2ccc(COc3ccc(-n4c(C)ccc4C)cc3)o2)cc1OC. The molecule has 1 N–H and O–H groups in total. The monoisotopic (exact) mass is 561 g/mol. The van der Waals surface area contributed by atoms with Crippen LogP contribution in [0.15, 0.2) is 70.2 Å². The molecule has 0 bridgehead atoms. The Morgan fingerprint density at radius 3 is 2.17 bits per heavy atom. The van der Waals surface area contributed by atoms with Gasteiger partial charge in [0.1, 0.15) is 18.1 Å². The molecule has 1 amide bonds. The van der Waals surface area contributed by atoms with Crippen LogP contribution in [0.2, 0.25) is 0 Å². The summed E-state index contributed by atoms with van der Waals surface area (Å²) in [7, 11) is 4.15. The number of carbonyl (C=O) groups excluding carboxylic acids is 2. The van der Waals surface area contributed by atoms with Crippen molar-refractivity contribution < 1.29 is 37.7 Å². The fourth-order valence-corrected chi connectivity index (χ4v) is 4.03. The van der Waals surface area contributed by atoms with Crippen molar-refractivity contribution >= 4 is 18.1 Å². The maximum Gasteiger partial charge on any atom is 0.343 e. The summed E-state index contributed by atoms with van der Waals surface area (Å²) in [4.78, 5) is 24.0. The Morgan fingerprint density at radius 2 is 1.56 bits per heavy atom. The molecular weight excluding hydrogens is 530 g/mol. The van der Waals surface area contributed by atoms with Crippen molar-refractivity contribution in [3.05, 3.63) is 89.1 Å². The van der Waals surface area contributed by atoms with Crippen molar-refractivity contribution in [3.8, 4) is 28.7 Å². The average molecular weight is 562 g/mol. The van der Waals surface area contributed by atoms with E-state index in [0.29, 0.717) is 28.6 Å². The van der Waals surface area contributed by atoms with Crippen LogP contribution in [0.5, 0.6) is 23.0 Å². The van der Waals surface area contributed by atoms with Gasteiger partial charge in [0.05, 0.1) is 27.5 Å². The molecule has 2 heterocycles. The van der Waals surface area contributed by atoms with Crippen LogP contribution in [-0.4, -0.2) is 50.6 Å². The van der Waals surface area contributed by atoms with Crippen LogP contribution in [0, 0.1) is 13.8 Å². The first kappa shape index (κ1) is 28.8. The van der Waals surface area contributed by atoms with E-state index >= 15 is 0 Å². The van der Waals surface area contributed by atoms with Gasteiger partial charge in [-0.25, -0.2) is 10.2 Å². The lowest BCUT2D eigenvalue weighted by molar-refractivity contribution is -0.142. The number of ether oxygens (including phenoxy) is 5. The van der Waals surface area contributed by atoms with Gasteiger partial charge in [0.15, 0.2) is 23.9 Å². The van der Waals surface area contributed by atoms with Gasteiger partial charge in [0, 0.05) is 22.6 Å². The Balaban J connectivity index is 1.33. The molecule has 0 fully saturated rings. The number of esters is 1. The second kappa shape index (κ2) is 13.2. The average Bonchev–Trinajstić information content (AvgIpc) is 3.60. The van der Waals surface area contributed by atoms with E-state index in [0.717, 1.165) is 17.1 Å². The highest BCUT2D eigenvalue weighted by molar-refractivity contribution is 5.92. The zero-order chi connectivity index (χ0) is 29.4. The molecule has 0 radical (unpaired) electrons. The highest BCUT2D eigenvalue weighted by atomic mass is 16.6. The lowest BCUT2D eigenvalue weighted by Gasteiger charge is -2.14. The zero-order valence-corrected chi connectivity index (χ0v) is 23.4. The van der Waals surface area contributed by atoms with Crippen LogP contribution < -0.4 is 24.4 Å². The maximum atomic E-state index is 12.5. The predicted molar refractivity (Wildman–Crippen MR) is 150 cm³/mol. The van der Waals surface area contributed by atoms with Gasteiger partial charge >= 0.3 is 11.9 Å². The number of benzene rings is 2. The predicted octanol–water partition coefficient (Wildman–Crippen LogP) is 4.60. The summed E-state index contributed by atoms with van der Waals surface area (Å²) in [5.74, 6) is 0.995. The van der Waals surface area contributed by atoms with Crippen LogP contribution >= 0.6 is 0 Å². The number of hydrogen-bond donors (Lipinski definition) is 1. The number of aryl methyl sites for hydroxylation is 2.